The zero-order chi connectivity index (χ0) is 38.8. The Labute approximate surface area is 301 Å². The van der Waals surface area contributed by atoms with Gasteiger partial charge in [-0.3, -0.25) is 4.90 Å². The number of alkyl halides is 4. The predicted molar refractivity (Wildman–Crippen MR) is 189 cm³/mol. The molecule has 4 rings (SSSR count). The van der Waals surface area contributed by atoms with Crippen LogP contribution in [-0.4, -0.2) is 92.7 Å². The molecule has 0 bridgehead atoms. The van der Waals surface area contributed by atoms with E-state index < -0.39 is 58.2 Å². The summed E-state index contributed by atoms with van der Waals surface area (Å²) in [5.41, 5.74) is -1.01. The van der Waals surface area contributed by atoms with Crippen molar-refractivity contribution in [3.63, 3.8) is 0 Å². The van der Waals surface area contributed by atoms with Gasteiger partial charge in [0.25, 0.3) is 0 Å². The summed E-state index contributed by atoms with van der Waals surface area (Å²) in [6.45, 7) is 8.33. The molecule has 1 aliphatic heterocycles. The van der Waals surface area contributed by atoms with E-state index in [2.05, 4.69) is 17.2 Å². The Morgan fingerprint density at radius 1 is 1.02 bits per heavy atom. The minimum Gasteiger partial charge on any atom is -0.495 e. The summed E-state index contributed by atoms with van der Waals surface area (Å²) < 4.78 is 98.7. The molecule has 2 aromatic carbocycles. The van der Waals surface area contributed by atoms with Gasteiger partial charge < -0.3 is 29.0 Å². The van der Waals surface area contributed by atoms with E-state index in [1.807, 2.05) is 0 Å². The molecule has 3 aromatic rings. The summed E-state index contributed by atoms with van der Waals surface area (Å²) in [4.78, 5) is 28.2. The number of ether oxygens (including phenoxy) is 3. The van der Waals surface area contributed by atoms with Crippen molar-refractivity contribution in [1.29, 1.82) is 0 Å². The van der Waals surface area contributed by atoms with Gasteiger partial charge in [-0.25, -0.2) is 22.4 Å². The van der Waals surface area contributed by atoms with Gasteiger partial charge in [0.15, 0.2) is 9.84 Å². The smallest absolute Gasteiger partial charge is 0.415 e. The first-order chi connectivity index (χ1) is 24.0. The molecule has 0 aliphatic carbocycles. The first-order valence-corrected chi connectivity index (χ1v) is 18.3. The number of fused-ring (bicyclic) bond motifs is 1. The summed E-state index contributed by atoms with van der Waals surface area (Å²) in [5, 5.41) is 3.48. The number of piperidine rings is 1. The van der Waals surface area contributed by atoms with Crippen molar-refractivity contribution in [2.45, 2.75) is 89.0 Å². The fourth-order valence-electron chi connectivity index (χ4n) is 5.51. The maximum atomic E-state index is 15.4. The van der Waals surface area contributed by atoms with Crippen LogP contribution >= 0.6 is 0 Å². The maximum absolute atomic E-state index is 15.4. The molecule has 16 heteroatoms. The molecule has 1 aliphatic rings. The van der Waals surface area contributed by atoms with Gasteiger partial charge in [-0.1, -0.05) is 12.0 Å². The Bertz CT molecular complexity index is 1970. The van der Waals surface area contributed by atoms with Crippen molar-refractivity contribution in [3.05, 3.63) is 48.2 Å². The monoisotopic (exact) mass is 752 g/mol. The summed E-state index contributed by atoms with van der Waals surface area (Å²) in [6.07, 6.45) is -6.35. The molecule has 1 fully saturated rings. The van der Waals surface area contributed by atoms with Crippen molar-refractivity contribution in [2.24, 2.45) is 0 Å². The number of methoxy groups -OCH3 is 1. The number of anilines is 2. The lowest BCUT2D eigenvalue weighted by Gasteiger charge is -2.36. The number of nitrogens with one attached hydrogen (secondary N) is 1. The molecular formula is C36H44F4N4O7S. The number of hydrogen-bond donors (Lipinski definition) is 1. The summed E-state index contributed by atoms with van der Waals surface area (Å²) >= 11 is 0. The predicted octanol–water partition coefficient (Wildman–Crippen LogP) is 7.17. The van der Waals surface area contributed by atoms with Crippen molar-refractivity contribution >= 4 is 44.3 Å². The van der Waals surface area contributed by atoms with Crippen molar-refractivity contribution in [2.75, 3.05) is 43.2 Å². The number of carbonyl (C=O) groups is 2. The van der Waals surface area contributed by atoms with Gasteiger partial charge in [0, 0.05) is 29.9 Å². The van der Waals surface area contributed by atoms with Crippen molar-refractivity contribution in [3.8, 4) is 17.6 Å². The van der Waals surface area contributed by atoms with Gasteiger partial charge >= 0.3 is 18.4 Å². The second-order valence-electron chi connectivity index (χ2n) is 14.4. The Morgan fingerprint density at radius 2 is 1.69 bits per heavy atom. The standard InChI is InChI=1S/C36H44F4N4O7S/c1-34(2,3)50-32(45)42-18-16-28(26(37)21-42)41-27-12-9-13-29-25(27)19-23(44(29)22-36(38,39)40)11-10-17-43(33(46)51-35(4,5)6)30-15-14-24(52(8,47)48)20-31(30)49-7/h9,12-15,19-20,26,28,41H,16-18,21-22H2,1-8H3/t26-,28+/m1/s1. The number of sulfone groups is 1. The Balaban J connectivity index is 1.69. The topological polar surface area (TPSA) is 119 Å². The SMILES string of the molecule is COc1cc(S(C)(=O)=O)ccc1N(CC#Cc1cc2c(N[C@H]3CCN(C(=O)OC(C)(C)C)C[C@H]3F)cccc2n1CC(F)(F)F)C(=O)OC(C)(C)C. The van der Waals surface area contributed by atoms with Gasteiger partial charge in [-0.15, -0.1) is 0 Å². The average molecular weight is 753 g/mol. The van der Waals surface area contributed by atoms with Crippen LogP contribution in [0, 0.1) is 11.8 Å². The number of rotatable bonds is 7. The second kappa shape index (κ2) is 15.1. The third-order valence-corrected chi connectivity index (χ3v) is 8.87. The summed E-state index contributed by atoms with van der Waals surface area (Å²) in [7, 11) is -2.33. The summed E-state index contributed by atoms with van der Waals surface area (Å²) in [5.74, 6) is 5.56. The van der Waals surface area contributed by atoms with Crippen LogP contribution in [-0.2, 0) is 25.9 Å². The van der Waals surface area contributed by atoms with Crippen LogP contribution in [0.1, 0.15) is 53.7 Å². The van der Waals surface area contributed by atoms with E-state index in [0.717, 1.165) is 15.7 Å². The van der Waals surface area contributed by atoms with E-state index in [1.165, 1.54) is 42.3 Å². The van der Waals surface area contributed by atoms with E-state index in [9.17, 15) is 31.2 Å². The molecule has 52 heavy (non-hydrogen) atoms. The van der Waals surface area contributed by atoms with Gasteiger partial charge in [0.2, 0.25) is 0 Å². The molecule has 2 amide bonds. The summed E-state index contributed by atoms with van der Waals surface area (Å²) in [6, 6.07) is 9.28. The number of nitrogens with zero attached hydrogens (tertiary/aromatic N) is 3. The number of hydrogen-bond acceptors (Lipinski definition) is 8. The van der Waals surface area contributed by atoms with E-state index in [4.69, 9.17) is 14.2 Å². The highest BCUT2D eigenvalue weighted by atomic mass is 32.2. The highest BCUT2D eigenvalue weighted by Crippen LogP contribution is 2.34. The highest BCUT2D eigenvalue weighted by Gasteiger charge is 2.35. The molecule has 2 atom stereocenters. The first-order valence-electron chi connectivity index (χ1n) is 16.4. The Kier molecular flexibility index (Phi) is 11.7. The minimum atomic E-state index is -4.62. The average Bonchev–Trinajstić information content (AvgIpc) is 3.34. The second-order valence-corrected chi connectivity index (χ2v) is 16.4. The lowest BCUT2D eigenvalue weighted by Crippen LogP contribution is -2.51. The van der Waals surface area contributed by atoms with Crippen molar-refractivity contribution < 1.29 is 49.8 Å². The fourth-order valence-corrected chi connectivity index (χ4v) is 6.15. The lowest BCUT2D eigenvalue weighted by molar-refractivity contribution is -0.140. The van der Waals surface area contributed by atoms with Crippen molar-refractivity contribution in [1.82, 2.24) is 9.47 Å². The normalized spacial score (nSPS) is 16.9. The van der Waals surface area contributed by atoms with Crippen LogP contribution in [0.5, 0.6) is 5.75 Å². The number of benzene rings is 2. The Hall–Kier alpha value is -4.65. The molecule has 0 saturated carbocycles. The third kappa shape index (κ3) is 10.5. The zero-order valence-electron chi connectivity index (χ0n) is 30.4. The van der Waals surface area contributed by atoms with E-state index >= 15 is 4.39 Å². The van der Waals surface area contributed by atoms with Crippen LogP contribution in [0.25, 0.3) is 10.9 Å². The molecule has 11 nitrogen and oxygen atoms in total. The van der Waals surface area contributed by atoms with E-state index in [0.29, 0.717) is 11.1 Å². The first kappa shape index (κ1) is 40.1. The molecule has 1 saturated heterocycles. The number of likely N-dealkylation sites (tertiary alicyclic amines) is 1. The number of aromatic nitrogens is 1. The van der Waals surface area contributed by atoms with Crippen LogP contribution in [0.3, 0.4) is 0 Å². The largest absolute Gasteiger partial charge is 0.495 e. The van der Waals surface area contributed by atoms with E-state index in [1.54, 1.807) is 53.7 Å². The van der Waals surface area contributed by atoms with Crippen LogP contribution in [0.4, 0.5) is 38.5 Å². The van der Waals surface area contributed by atoms with Gasteiger partial charge in [0.1, 0.15) is 29.7 Å². The van der Waals surface area contributed by atoms with Crippen LogP contribution in [0.15, 0.2) is 47.4 Å². The minimum absolute atomic E-state index is 0.0263. The highest BCUT2D eigenvalue weighted by molar-refractivity contribution is 7.90. The number of halogens is 4. The molecule has 284 valence electrons. The molecule has 0 spiro atoms. The molecule has 0 unspecified atom stereocenters. The fraction of sp³-hybridized carbons (Fsp3) is 0.500. The van der Waals surface area contributed by atoms with Gasteiger partial charge in [0.05, 0.1) is 48.0 Å². The number of carbonyl (C=O) groups excluding carboxylic acids is 2. The maximum Gasteiger partial charge on any atom is 0.415 e. The van der Waals surface area contributed by atoms with Crippen LogP contribution < -0.4 is 15.0 Å². The zero-order valence-corrected chi connectivity index (χ0v) is 31.2. The lowest BCUT2D eigenvalue weighted by atomic mass is 10.0. The molecule has 0 radical (unpaired) electrons. The number of amides is 2. The Morgan fingerprint density at radius 3 is 2.27 bits per heavy atom. The van der Waals surface area contributed by atoms with Gasteiger partial charge in [-0.2, -0.15) is 13.2 Å². The third-order valence-electron chi connectivity index (χ3n) is 7.75. The molecule has 1 aromatic heterocycles. The van der Waals surface area contributed by atoms with E-state index in [-0.39, 0.29) is 53.6 Å². The molecular weight excluding hydrogens is 708 g/mol. The molecule has 2 heterocycles. The van der Waals surface area contributed by atoms with Crippen LogP contribution in [0.2, 0.25) is 0 Å². The molecule has 1 N–H and O–H groups in total. The van der Waals surface area contributed by atoms with Gasteiger partial charge in [-0.05, 0) is 84.2 Å². The quantitative estimate of drug-likeness (QED) is 0.200.